The predicted molar refractivity (Wildman–Crippen MR) is 85.0 cm³/mol. The van der Waals surface area contributed by atoms with Crippen molar-refractivity contribution >= 4 is 38.8 Å². The van der Waals surface area contributed by atoms with E-state index in [4.69, 9.17) is 5.41 Å². The van der Waals surface area contributed by atoms with Crippen LogP contribution in [0, 0.1) is 5.41 Å². The van der Waals surface area contributed by atoms with Crippen LogP contribution in [0.15, 0.2) is 22.7 Å². The van der Waals surface area contributed by atoms with Gasteiger partial charge < -0.3 is 25.0 Å². The minimum absolute atomic E-state index is 0.0344. The molecule has 0 amide bonds. The summed E-state index contributed by atoms with van der Waals surface area (Å²) in [7, 11) is 3.27. The number of aliphatic hydroxyl groups excluding tert-OH is 1. The van der Waals surface area contributed by atoms with Gasteiger partial charge in [0.05, 0.1) is 0 Å². The standard InChI is InChI=1S/C14H15BrN4O3/c1-18-11(12(20)19(2)14(18)16)9-7-5-6(15)3-4-8(7)17-10(9)13(21)22/h3-5,11-12,16-17,20H,1-2H3,(H,21,22)/t11-,12+/m0/s1. The number of H-pyrrole nitrogens is 1. The Kier molecular flexibility index (Phi) is 3.37. The van der Waals surface area contributed by atoms with Crippen molar-refractivity contribution in [3.63, 3.8) is 0 Å². The van der Waals surface area contributed by atoms with Gasteiger partial charge in [-0.25, -0.2) is 4.79 Å². The van der Waals surface area contributed by atoms with Crippen molar-refractivity contribution in [3.05, 3.63) is 33.9 Å². The minimum atomic E-state index is -1.09. The third-order valence-corrected chi connectivity index (χ3v) is 4.57. The Bertz CT molecular complexity index is 788. The van der Waals surface area contributed by atoms with Crippen molar-refractivity contribution in [2.75, 3.05) is 14.1 Å². The van der Waals surface area contributed by atoms with Crippen LogP contribution in [-0.4, -0.2) is 57.2 Å². The van der Waals surface area contributed by atoms with E-state index in [2.05, 4.69) is 20.9 Å². The number of hydrogen-bond acceptors (Lipinski definition) is 3. The number of carboxylic acid groups (broad SMARTS) is 1. The van der Waals surface area contributed by atoms with Gasteiger partial charge >= 0.3 is 5.97 Å². The fraction of sp³-hybridized carbons (Fsp3) is 0.286. The maximum absolute atomic E-state index is 11.6. The monoisotopic (exact) mass is 366 g/mol. The van der Waals surface area contributed by atoms with Gasteiger partial charge in [0.1, 0.15) is 11.7 Å². The lowest BCUT2D eigenvalue weighted by molar-refractivity contribution is 0.0495. The highest BCUT2D eigenvalue weighted by atomic mass is 79.9. The smallest absolute Gasteiger partial charge is 0.352 e. The normalized spacial score (nSPS) is 21.9. The first kappa shape index (κ1) is 14.9. The van der Waals surface area contributed by atoms with Crippen molar-refractivity contribution in [1.82, 2.24) is 14.8 Å². The molecule has 22 heavy (non-hydrogen) atoms. The summed E-state index contributed by atoms with van der Waals surface area (Å²) in [5.41, 5.74) is 1.19. The van der Waals surface area contributed by atoms with E-state index < -0.39 is 18.2 Å². The highest BCUT2D eigenvalue weighted by molar-refractivity contribution is 9.10. The van der Waals surface area contributed by atoms with E-state index in [1.54, 1.807) is 25.1 Å². The van der Waals surface area contributed by atoms with Gasteiger partial charge in [-0.3, -0.25) is 5.41 Å². The summed E-state index contributed by atoms with van der Waals surface area (Å²) in [4.78, 5) is 17.5. The number of guanidine groups is 1. The Labute approximate surface area is 134 Å². The number of nitrogens with one attached hydrogen (secondary N) is 2. The number of halogens is 1. The van der Waals surface area contributed by atoms with Crippen LogP contribution >= 0.6 is 15.9 Å². The Morgan fingerprint density at radius 2 is 2.05 bits per heavy atom. The number of aromatic carboxylic acids is 1. The summed E-state index contributed by atoms with van der Waals surface area (Å²) in [6.07, 6.45) is -0.992. The average molecular weight is 367 g/mol. The topological polar surface area (TPSA) is 104 Å². The molecule has 2 atom stereocenters. The number of aromatic amines is 1. The van der Waals surface area contributed by atoms with E-state index in [9.17, 15) is 15.0 Å². The second kappa shape index (κ2) is 4.99. The molecule has 0 radical (unpaired) electrons. The quantitative estimate of drug-likeness (QED) is 0.648. The minimum Gasteiger partial charge on any atom is -0.477 e. The van der Waals surface area contributed by atoms with Crippen molar-refractivity contribution < 1.29 is 15.0 Å². The Morgan fingerprint density at radius 3 is 2.59 bits per heavy atom. The highest BCUT2D eigenvalue weighted by Gasteiger charge is 2.42. The lowest BCUT2D eigenvalue weighted by Gasteiger charge is -2.22. The number of likely N-dealkylation sites (N-methyl/N-ethyl adjacent to an activating group) is 2. The van der Waals surface area contributed by atoms with Crippen LogP contribution in [0.4, 0.5) is 0 Å². The molecule has 1 aliphatic heterocycles. The zero-order valence-corrected chi connectivity index (χ0v) is 13.5. The van der Waals surface area contributed by atoms with Gasteiger partial charge in [-0.2, -0.15) is 0 Å². The molecule has 0 bridgehead atoms. The molecule has 4 N–H and O–H groups in total. The number of carbonyl (C=O) groups is 1. The van der Waals surface area contributed by atoms with Crippen LogP contribution in [0.1, 0.15) is 22.1 Å². The summed E-state index contributed by atoms with van der Waals surface area (Å²) >= 11 is 3.39. The summed E-state index contributed by atoms with van der Waals surface area (Å²) in [6.45, 7) is 0. The second-order valence-corrected chi connectivity index (χ2v) is 6.23. The third kappa shape index (κ3) is 1.98. The van der Waals surface area contributed by atoms with Gasteiger partial charge in [0, 0.05) is 35.0 Å². The number of rotatable bonds is 2. The zero-order chi connectivity index (χ0) is 16.2. The van der Waals surface area contributed by atoms with Crippen LogP contribution in [0.2, 0.25) is 0 Å². The molecule has 0 aliphatic carbocycles. The summed E-state index contributed by atoms with van der Waals surface area (Å²) in [5, 5.41) is 28.6. The molecule has 1 aromatic heterocycles. The number of fused-ring (bicyclic) bond motifs is 1. The highest BCUT2D eigenvalue weighted by Crippen LogP contribution is 2.38. The third-order valence-electron chi connectivity index (χ3n) is 4.08. The van der Waals surface area contributed by atoms with Crippen molar-refractivity contribution in [3.8, 4) is 0 Å². The number of nitrogens with zero attached hydrogens (tertiary/aromatic N) is 2. The van der Waals surface area contributed by atoms with E-state index in [0.29, 0.717) is 16.5 Å². The Morgan fingerprint density at radius 1 is 1.36 bits per heavy atom. The molecule has 1 saturated heterocycles. The number of benzene rings is 1. The molecular weight excluding hydrogens is 352 g/mol. The number of hydrogen-bond donors (Lipinski definition) is 4. The first-order valence-corrected chi connectivity index (χ1v) is 7.39. The maximum atomic E-state index is 11.6. The lowest BCUT2D eigenvalue weighted by atomic mass is 10.0. The Balaban J connectivity index is 2.29. The first-order chi connectivity index (χ1) is 10.3. The number of carboxylic acids is 1. The van der Waals surface area contributed by atoms with Crippen LogP contribution < -0.4 is 0 Å². The fourth-order valence-electron chi connectivity index (χ4n) is 2.92. The van der Waals surface area contributed by atoms with Crippen molar-refractivity contribution in [2.45, 2.75) is 12.3 Å². The van der Waals surface area contributed by atoms with Gasteiger partial charge in [-0.15, -0.1) is 0 Å². The summed E-state index contributed by atoms with van der Waals surface area (Å²) < 4.78 is 0.816. The van der Waals surface area contributed by atoms with Crippen LogP contribution in [0.3, 0.4) is 0 Å². The fourth-order valence-corrected chi connectivity index (χ4v) is 3.28. The lowest BCUT2D eigenvalue weighted by Crippen LogP contribution is -2.30. The zero-order valence-electron chi connectivity index (χ0n) is 12.0. The largest absolute Gasteiger partial charge is 0.477 e. The van der Waals surface area contributed by atoms with E-state index in [1.807, 2.05) is 12.1 Å². The molecule has 0 unspecified atom stereocenters. The van der Waals surface area contributed by atoms with Crippen LogP contribution in [-0.2, 0) is 0 Å². The number of aliphatic hydroxyl groups is 1. The van der Waals surface area contributed by atoms with Crippen molar-refractivity contribution in [2.24, 2.45) is 0 Å². The number of aromatic nitrogens is 1. The molecule has 7 nitrogen and oxygen atoms in total. The average Bonchev–Trinajstić information content (AvgIpc) is 2.92. The molecule has 2 heterocycles. The van der Waals surface area contributed by atoms with E-state index in [1.165, 1.54) is 4.90 Å². The second-order valence-electron chi connectivity index (χ2n) is 5.31. The van der Waals surface area contributed by atoms with Crippen LogP contribution in [0.5, 0.6) is 0 Å². The maximum Gasteiger partial charge on any atom is 0.352 e. The summed E-state index contributed by atoms with van der Waals surface area (Å²) in [6, 6.07) is 4.78. The van der Waals surface area contributed by atoms with Crippen molar-refractivity contribution in [1.29, 1.82) is 5.41 Å². The predicted octanol–water partition coefficient (Wildman–Crippen LogP) is 1.80. The molecule has 1 fully saturated rings. The molecule has 2 aromatic rings. The summed E-state index contributed by atoms with van der Waals surface area (Å²) in [5.74, 6) is -0.956. The molecule has 3 rings (SSSR count). The van der Waals surface area contributed by atoms with Gasteiger partial charge in [0.15, 0.2) is 12.2 Å². The van der Waals surface area contributed by atoms with E-state index in [-0.39, 0.29) is 11.7 Å². The molecule has 116 valence electrons. The SMILES string of the molecule is CN1C(=N)N(C)[C@@H](c2c(C(=O)O)[nH]c3ccc(Br)cc23)[C@H]1O. The molecule has 0 spiro atoms. The molecule has 8 heteroatoms. The van der Waals surface area contributed by atoms with Gasteiger partial charge in [0.25, 0.3) is 0 Å². The van der Waals surface area contributed by atoms with E-state index >= 15 is 0 Å². The van der Waals surface area contributed by atoms with E-state index in [0.717, 1.165) is 4.47 Å². The molecule has 1 aromatic carbocycles. The van der Waals surface area contributed by atoms with Gasteiger partial charge in [0.2, 0.25) is 0 Å². The molecule has 0 saturated carbocycles. The molecule has 1 aliphatic rings. The van der Waals surface area contributed by atoms with Crippen LogP contribution in [0.25, 0.3) is 10.9 Å². The molecular formula is C14H15BrN4O3. The Hall–Kier alpha value is -2.06. The first-order valence-electron chi connectivity index (χ1n) is 6.59. The van der Waals surface area contributed by atoms with Gasteiger partial charge in [-0.05, 0) is 18.2 Å². The van der Waals surface area contributed by atoms with Gasteiger partial charge in [-0.1, -0.05) is 15.9 Å².